The Morgan fingerprint density at radius 2 is 2.33 bits per heavy atom. The molecule has 1 saturated heterocycles. The molecule has 9 nitrogen and oxygen atoms in total. The van der Waals surface area contributed by atoms with Gasteiger partial charge in [0.25, 0.3) is 0 Å². The van der Waals surface area contributed by atoms with Crippen molar-refractivity contribution in [3.63, 3.8) is 0 Å². The zero-order valence-electron chi connectivity index (χ0n) is 16.5. The Morgan fingerprint density at radius 1 is 1.47 bits per heavy atom. The van der Waals surface area contributed by atoms with Crippen molar-refractivity contribution in [2.45, 2.75) is 25.4 Å². The van der Waals surface area contributed by atoms with Gasteiger partial charge in [0.2, 0.25) is 5.88 Å². The summed E-state index contributed by atoms with van der Waals surface area (Å²) in [6.07, 6.45) is 4.41. The van der Waals surface area contributed by atoms with Gasteiger partial charge in [-0.15, -0.1) is 0 Å². The molecule has 0 spiro atoms. The van der Waals surface area contributed by atoms with Gasteiger partial charge in [0.15, 0.2) is 0 Å². The lowest BCUT2D eigenvalue weighted by Crippen LogP contribution is -2.47. The van der Waals surface area contributed by atoms with Crippen molar-refractivity contribution in [2.75, 3.05) is 30.4 Å². The van der Waals surface area contributed by atoms with Crippen LogP contribution in [0.15, 0.2) is 35.1 Å². The molecule has 30 heavy (non-hydrogen) atoms. The molecule has 4 rings (SSSR count). The molecule has 1 aliphatic heterocycles. The molecule has 3 aromatic heterocycles. The van der Waals surface area contributed by atoms with E-state index in [1.165, 1.54) is 0 Å². The molecule has 1 atom stereocenters. The molecular formula is C20H23BrN6O3. The lowest BCUT2D eigenvalue weighted by Gasteiger charge is -2.35. The van der Waals surface area contributed by atoms with E-state index in [0.29, 0.717) is 19.0 Å². The van der Waals surface area contributed by atoms with E-state index in [4.69, 9.17) is 9.84 Å². The quantitative estimate of drug-likeness (QED) is 0.431. The van der Waals surface area contributed by atoms with Crippen LogP contribution >= 0.6 is 15.9 Å². The highest BCUT2D eigenvalue weighted by Gasteiger charge is 2.25. The number of aromatic amines is 1. The second-order valence-electron chi connectivity index (χ2n) is 7.14. The molecule has 1 amide bonds. The minimum Gasteiger partial charge on any atom is -0.481 e. The molecule has 0 saturated carbocycles. The van der Waals surface area contributed by atoms with Crippen molar-refractivity contribution in [3.05, 3.63) is 40.8 Å². The van der Waals surface area contributed by atoms with Gasteiger partial charge >= 0.3 is 6.09 Å². The van der Waals surface area contributed by atoms with Crippen LogP contribution in [0.25, 0.3) is 11.0 Å². The first kappa shape index (κ1) is 20.3. The van der Waals surface area contributed by atoms with E-state index in [-0.39, 0.29) is 6.04 Å². The molecule has 4 N–H and O–H groups in total. The molecule has 3 aromatic rings. The number of nitrogens with one attached hydrogen (secondary N) is 3. The summed E-state index contributed by atoms with van der Waals surface area (Å²) >= 11 is 3.65. The fourth-order valence-electron chi connectivity index (χ4n) is 3.83. The first-order valence-electron chi connectivity index (χ1n) is 9.69. The van der Waals surface area contributed by atoms with Gasteiger partial charge in [-0.3, -0.25) is 0 Å². The Bertz CT molecular complexity index is 1060. The minimum absolute atomic E-state index is 0.109. The van der Waals surface area contributed by atoms with Crippen LogP contribution < -0.4 is 20.3 Å². The number of H-pyrrole nitrogens is 1. The van der Waals surface area contributed by atoms with Gasteiger partial charge in [0, 0.05) is 37.6 Å². The number of pyridine rings is 2. The first-order valence-corrected chi connectivity index (χ1v) is 10.5. The van der Waals surface area contributed by atoms with Crippen LogP contribution in [0.5, 0.6) is 5.88 Å². The number of amides is 1. The van der Waals surface area contributed by atoms with Gasteiger partial charge in [0.05, 0.1) is 40.6 Å². The largest absolute Gasteiger partial charge is 0.481 e. The maximum atomic E-state index is 11.1. The molecule has 0 radical (unpaired) electrons. The lowest BCUT2D eigenvalue weighted by atomic mass is 10.0. The Morgan fingerprint density at radius 3 is 3.13 bits per heavy atom. The van der Waals surface area contributed by atoms with Crippen LogP contribution in [0.1, 0.15) is 18.5 Å². The maximum Gasteiger partial charge on any atom is 0.404 e. The number of hydrogen-bond acceptors (Lipinski definition) is 6. The second-order valence-corrected chi connectivity index (χ2v) is 7.99. The smallest absolute Gasteiger partial charge is 0.404 e. The Hall–Kier alpha value is -3.01. The van der Waals surface area contributed by atoms with Crippen molar-refractivity contribution in [1.29, 1.82) is 0 Å². The van der Waals surface area contributed by atoms with Gasteiger partial charge in [-0.1, -0.05) is 6.07 Å². The number of piperidine rings is 1. The number of carbonyl (C=O) groups is 1. The highest BCUT2D eigenvalue weighted by molar-refractivity contribution is 9.10. The molecule has 1 aliphatic rings. The summed E-state index contributed by atoms with van der Waals surface area (Å²) in [5.41, 5.74) is 3.53. The summed E-state index contributed by atoms with van der Waals surface area (Å²) in [5.74, 6) is 0.573. The van der Waals surface area contributed by atoms with Crippen LogP contribution in [0.4, 0.5) is 16.2 Å². The average molecular weight is 475 g/mol. The van der Waals surface area contributed by atoms with E-state index in [1.807, 2.05) is 24.4 Å². The van der Waals surface area contributed by atoms with E-state index in [2.05, 4.69) is 46.4 Å². The number of nitrogens with zero attached hydrogens (tertiary/aromatic N) is 3. The number of hydrogen-bond donors (Lipinski definition) is 4. The third kappa shape index (κ3) is 4.28. The molecule has 4 heterocycles. The Labute approximate surface area is 182 Å². The van der Waals surface area contributed by atoms with E-state index in [9.17, 15) is 4.79 Å². The molecule has 0 bridgehead atoms. The number of rotatable bonds is 6. The van der Waals surface area contributed by atoms with Crippen LogP contribution in [0, 0.1) is 0 Å². The average Bonchev–Trinajstić information content (AvgIpc) is 3.15. The topological polar surface area (TPSA) is 115 Å². The molecule has 10 heteroatoms. The van der Waals surface area contributed by atoms with Crippen LogP contribution in [0.3, 0.4) is 0 Å². The Kier molecular flexibility index (Phi) is 5.93. The summed E-state index contributed by atoms with van der Waals surface area (Å²) < 4.78 is 6.07. The third-order valence-electron chi connectivity index (χ3n) is 5.14. The van der Waals surface area contributed by atoms with Gasteiger partial charge < -0.3 is 30.4 Å². The molecule has 158 valence electrons. The van der Waals surface area contributed by atoms with Crippen molar-refractivity contribution in [2.24, 2.45) is 0 Å². The van der Waals surface area contributed by atoms with Crippen molar-refractivity contribution >= 4 is 44.4 Å². The summed E-state index contributed by atoms with van der Waals surface area (Å²) in [5, 5.41) is 16.1. The monoisotopic (exact) mass is 474 g/mol. The van der Waals surface area contributed by atoms with Crippen molar-refractivity contribution in [3.8, 4) is 5.88 Å². The number of fused-ring (bicyclic) bond motifs is 1. The fraction of sp³-hybridized carbons (Fsp3) is 0.350. The van der Waals surface area contributed by atoms with Crippen molar-refractivity contribution < 1.29 is 14.6 Å². The Balaban J connectivity index is 1.62. The summed E-state index contributed by atoms with van der Waals surface area (Å²) in [6, 6.07) is 5.55. The maximum absolute atomic E-state index is 11.1. The highest BCUT2D eigenvalue weighted by Crippen LogP contribution is 2.39. The van der Waals surface area contributed by atoms with Gasteiger partial charge in [-0.25, -0.2) is 14.8 Å². The second kappa shape index (κ2) is 8.78. The first-order chi connectivity index (χ1) is 14.5. The predicted molar refractivity (Wildman–Crippen MR) is 118 cm³/mol. The van der Waals surface area contributed by atoms with Gasteiger partial charge in [-0.2, -0.15) is 0 Å². The normalized spacial score (nSPS) is 16.5. The predicted octanol–water partition coefficient (Wildman–Crippen LogP) is 3.58. The summed E-state index contributed by atoms with van der Waals surface area (Å²) in [6.45, 7) is 1.98. The number of methoxy groups -OCH3 is 1. The summed E-state index contributed by atoms with van der Waals surface area (Å²) in [4.78, 5) is 25.5. The zero-order chi connectivity index (χ0) is 21.1. The number of carboxylic acid groups (broad SMARTS) is 1. The van der Waals surface area contributed by atoms with E-state index in [1.54, 1.807) is 13.3 Å². The third-order valence-corrected chi connectivity index (χ3v) is 5.73. The van der Waals surface area contributed by atoms with Crippen LogP contribution in [0.2, 0.25) is 0 Å². The van der Waals surface area contributed by atoms with Crippen LogP contribution in [-0.2, 0) is 6.54 Å². The molecule has 0 aliphatic carbocycles. The number of aromatic nitrogens is 3. The molecule has 0 aromatic carbocycles. The number of halogens is 1. The number of anilines is 2. The molecule has 1 fully saturated rings. The standard InChI is InChI=1S/C20H23BrN6O3/c1-30-16-6-2-4-12(25-16)8-22-15-10-24-19-17(15)18(14(21)9-23-19)27-7-3-5-13(11-27)26-20(28)29/h2,4,6,9-10,13,22,26H,3,5,7-8,11H2,1H3,(H,23,24)(H,28,29). The highest BCUT2D eigenvalue weighted by atomic mass is 79.9. The van der Waals surface area contributed by atoms with E-state index in [0.717, 1.165) is 52.0 Å². The summed E-state index contributed by atoms with van der Waals surface area (Å²) in [7, 11) is 1.60. The van der Waals surface area contributed by atoms with Crippen molar-refractivity contribution in [1.82, 2.24) is 20.3 Å². The van der Waals surface area contributed by atoms with E-state index >= 15 is 0 Å². The van der Waals surface area contributed by atoms with E-state index < -0.39 is 6.09 Å². The SMILES string of the molecule is COc1cccc(CNc2c[nH]c3ncc(Br)c(N4CCCC(NC(=O)O)C4)c23)n1. The fourth-order valence-corrected chi connectivity index (χ4v) is 4.38. The number of ether oxygens (including phenoxy) is 1. The van der Waals surface area contributed by atoms with Gasteiger partial charge in [0.1, 0.15) is 5.65 Å². The lowest BCUT2D eigenvalue weighted by molar-refractivity contribution is 0.188. The van der Waals surface area contributed by atoms with Gasteiger partial charge in [-0.05, 0) is 34.8 Å². The van der Waals surface area contributed by atoms with Crippen LogP contribution in [-0.4, -0.2) is 52.4 Å². The molecule has 1 unspecified atom stereocenters. The zero-order valence-corrected chi connectivity index (χ0v) is 18.1. The minimum atomic E-state index is -0.990. The molecular weight excluding hydrogens is 452 g/mol.